The van der Waals surface area contributed by atoms with Gasteiger partial charge in [0.15, 0.2) is 5.82 Å². The quantitative estimate of drug-likeness (QED) is 0.715. The number of aromatic nitrogens is 3. The predicted molar refractivity (Wildman–Crippen MR) is 54.3 cm³/mol. The van der Waals surface area contributed by atoms with Crippen LogP contribution in [-0.4, -0.2) is 28.0 Å². The van der Waals surface area contributed by atoms with Gasteiger partial charge in [-0.25, -0.2) is 0 Å². The molecule has 0 bridgehead atoms. The van der Waals surface area contributed by atoms with E-state index in [1.807, 2.05) is 0 Å². The first-order valence-electron chi connectivity index (χ1n) is 5.59. The third-order valence-corrected chi connectivity index (χ3v) is 3.36. The van der Waals surface area contributed by atoms with Gasteiger partial charge in [-0.05, 0) is 19.3 Å². The van der Waals surface area contributed by atoms with Gasteiger partial charge >= 0.3 is 0 Å². The third kappa shape index (κ3) is 1.38. The molecule has 2 aliphatic rings. The molecule has 1 unspecified atom stereocenters. The van der Waals surface area contributed by atoms with Crippen LogP contribution in [0.25, 0.3) is 0 Å². The molecule has 3 heterocycles. The van der Waals surface area contributed by atoms with Gasteiger partial charge in [-0.2, -0.15) is 0 Å². The highest BCUT2D eigenvalue weighted by molar-refractivity contribution is 5.11. The molecule has 1 fully saturated rings. The Labute approximate surface area is 88.6 Å². The number of ether oxygens (including phenoxy) is 1. The molecule has 0 saturated carbocycles. The number of hydrogen-bond acceptors (Lipinski definition) is 4. The number of rotatable bonds is 1. The molecule has 0 aliphatic carbocycles. The third-order valence-electron chi connectivity index (χ3n) is 3.36. The Hall–Kier alpha value is -0.940. The van der Waals surface area contributed by atoms with E-state index in [2.05, 4.69) is 14.8 Å². The van der Waals surface area contributed by atoms with E-state index in [1.54, 1.807) is 0 Å². The van der Waals surface area contributed by atoms with Crippen molar-refractivity contribution in [3.8, 4) is 0 Å². The van der Waals surface area contributed by atoms with Crippen LogP contribution in [0.5, 0.6) is 0 Å². The normalized spacial score (nSPS) is 30.5. The Morgan fingerprint density at radius 2 is 2.27 bits per heavy atom. The largest absolute Gasteiger partial charge is 0.379 e. The average Bonchev–Trinajstić information content (AvgIpc) is 2.84. The van der Waals surface area contributed by atoms with Crippen LogP contribution in [0.3, 0.4) is 0 Å². The summed E-state index contributed by atoms with van der Waals surface area (Å²) in [7, 11) is 0. The molecule has 2 aliphatic heterocycles. The van der Waals surface area contributed by atoms with Crippen molar-refractivity contribution in [1.29, 1.82) is 0 Å². The van der Waals surface area contributed by atoms with Crippen LogP contribution >= 0.6 is 0 Å². The van der Waals surface area contributed by atoms with Crippen molar-refractivity contribution in [1.82, 2.24) is 14.8 Å². The zero-order valence-electron chi connectivity index (χ0n) is 8.78. The molecule has 0 amide bonds. The second-order valence-electron chi connectivity index (χ2n) is 4.51. The van der Waals surface area contributed by atoms with E-state index < -0.39 is 5.54 Å². The number of nitrogens with two attached hydrogens (primary N) is 1. The molecule has 5 heteroatoms. The molecule has 1 saturated heterocycles. The highest BCUT2D eigenvalue weighted by atomic mass is 16.5. The van der Waals surface area contributed by atoms with Crippen molar-refractivity contribution in [3.63, 3.8) is 0 Å². The first-order chi connectivity index (χ1) is 7.30. The van der Waals surface area contributed by atoms with Crippen LogP contribution in [0.2, 0.25) is 0 Å². The van der Waals surface area contributed by atoms with Crippen LogP contribution in [0, 0.1) is 0 Å². The Morgan fingerprint density at radius 3 is 3.07 bits per heavy atom. The van der Waals surface area contributed by atoms with Gasteiger partial charge in [0, 0.05) is 19.6 Å². The van der Waals surface area contributed by atoms with Crippen LogP contribution in [0.15, 0.2) is 0 Å². The smallest absolute Gasteiger partial charge is 0.155 e. The van der Waals surface area contributed by atoms with Gasteiger partial charge in [0.1, 0.15) is 11.4 Å². The van der Waals surface area contributed by atoms with E-state index in [4.69, 9.17) is 10.5 Å². The highest BCUT2D eigenvalue weighted by Crippen LogP contribution is 2.28. The first-order valence-corrected chi connectivity index (χ1v) is 5.59. The summed E-state index contributed by atoms with van der Waals surface area (Å²) in [6.45, 7) is 2.32. The molecule has 0 radical (unpaired) electrons. The second kappa shape index (κ2) is 3.28. The molecule has 0 aromatic carbocycles. The summed E-state index contributed by atoms with van der Waals surface area (Å²) in [5, 5.41) is 8.48. The van der Waals surface area contributed by atoms with Gasteiger partial charge in [-0.15, -0.1) is 10.2 Å². The molecule has 2 N–H and O–H groups in total. The maximum absolute atomic E-state index is 6.30. The Morgan fingerprint density at radius 1 is 1.33 bits per heavy atom. The molecular weight excluding hydrogens is 192 g/mol. The molecule has 15 heavy (non-hydrogen) atoms. The molecular formula is C10H16N4O. The average molecular weight is 208 g/mol. The zero-order valence-corrected chi connectivity index (χ0v) is 8.78. The summed E-state index contributed by atoms with van der Waals surface area (Å²) < 4.78 is 7.56. The van der Waals surface area contributed by atoms with Gasteiger partial charge in [0.25, 0.3) is 0 Å². The van der Waals surface area contributed by atoms with Crippen molar-refractivity contribution >= 4 is 0 Å². The molecule has 82 valence electrons. The van der Waals surface area contributed by atoms with Crippen molar-refractivity contribution in [2.75, 3.05) is 13.2 Å². The van der Waals surface area contributed by atoms with E-state index in [0.717, 1.165) is 37.6 Å². The van der Waals surface area contributed by atoms with Crippen LogP contribution in [0.1, 0.15) is 30.9 Å². The number of fused-ring (bicyclic) bond motifs is 1. The first kappa shape index (κ1) is 9.30. The summed E-state index contributed by atoms with van der Waals surface area (Å²) in [5.41, 5.74) is 5.90. The summed E-state index contributed by atoms with van der Waals surface area (Å²) in [4.78, 5) is 0. The molecule has 0 spiro atoms. The van der Waals surface area contributed by atoms with Gasteiger partial charge < -0.3 is 15.0 Å². The maximum atomic E-state index is 6.30. The van der Waals surface area contributed by atoms with Crippen LogP contribution < -0.4 is 5.73 Å². The van der Waals surface area contributed by atoms with Crippen molar-refractivity contribution in [3.05, 3.63) is 11.6 Å². The zero-order chi connectivity index (χ0) is 10.3. The lowest BCUT2D eigenvalue weighted by Gasteiger charge is -2.23. The lowest BCUT2D eigenvalue weighted by Crippen LogP contribution is -2.40. The number of hydrogen-bond donors (Lipinski definition) is 1. The fourth-order valence-corrected chi connectivity index (χ4v) is 2.43. The van der Waals surface area contributed by atoms with E-state index in [1.165, 1.54) is 12.8 Å². The minimum absolute atomic E-state index is 0.400. The minimum Gasteiger partial charge on any atom is -0.379 e. The lowest BCUT2D eigenvalue weighted by molar-refractivity contribution is 0.174. The van der Waals surface area contributed by atoms with E-state index >= 15 is 0 Å². The Balaban J connectivity index is 2.00. The SMILES string of the molecule is NC1(c2nnc3n2CCCC3)CCOC1. The summed E-state index contributed by atoms with van der Waals surface area (Å²) in [6.07, 6.45) is 4.30. The molecule has 1 aromatic rings. The van der Waals surface area contributed by atoms with Crippen molar-refractivity contribution in [2.45, 2.75) is 37.8 Å². The van der Waals surface area contributed by atoms with Crippen molar-refractivity contribution < 1.29 is 4.74 Å². The highest BCUT2D eigenvalue weighted by Gasteiger charge is 2.38. The molecule has 5 nitrogen and oxygen atoms in total. The van der Waals surface area contributed by atoms with Crippen LogP contribution in [-0.2, 0) is 23.2 Å². The van der Waals surface area contributed by atoms with Gasteiger partial charge in [-0.1, -0.05) is 0 Å². The van der Waals surface area contributed by atoms with E-state index in [0.29, 0.717) is 6.61 Å². The second-order valence-corrected chi connectivity index (χ2v) is 4.51. The molecule has 3 rings (SSSR count). The topological polar surface area (TPSA) is 66.0 Å². The standard InChI is InChI=1S/C10H16N4O/c11-10(4-6-15-7-10)9-13-12-8-3-1-2-5-14(8)9/h1-7,11H2. The maximum Gasteiger partial charge on any atom is 0.155 e. The summed E-state index contributed by atoms with van der Waals surface area (Å²) >= 11 is 0. The monoisotopic (exact) mass is 208 g/mol. The van der Waals surface area contributed by atoms with Crippen molar-refractivity contribution in [2.24, 2.45) is 5.73 Å². The lowest BCUT2D eigenvalue weighted by atomic mass is 9.98. The Bertz CT molecular complexity index is 367. The van der Waals surface area contributed by atoms with Gasteiger partial charge in [0.2, 0.25) is 0 Å². The fourth-order valence-electron chi connectivity index (χ4n) is 2.43. The van der Waals surface area contributed by atoms with Gasteiger partial charge in [0.05, 0.1) is 6.61 Å². The number of nitrogens with zero attached hydrogens (tertiary/aromatic N) is 3. The fraction of sp³-hybridized carbons (Fsp3) is 0.800. The Kier molecular flexibility index (Phi) is 2.03. The predicted octanol–water partition coefficient (Wildman–Crippen LogP) is 0.189. The van der Waals surface area contributed by atoms with Crippen LogP contribution in [0.4, 0.5) is 0 Å². The van der Waals surface area contributed by atoms with E-state index in [-0.39, 0.29) is 0 Å². The van der Waals surface area contributed by atoms with Gasteiger partial charge in [-0.3, -0.25) is 0 Å². The summed E-state index contributed by atoms with van der Waals surface area (Å²) in [5.74, 6) is 2.02. The molecule has 1 aromatic heterocycles. The minimum atomic E-state index is -0.400. The summed E-state index contributed by atoms with van der Waals surface area (Å²) in [6, 6.07) is 0. The molecule has 1 atom stereocenters. The number of aryl methyl sites for hydroxylation is 1. The van der Waals surface area contributed by atoms with E-state index in [9.17, 15) is 0 Å².